The fourth-order valence-corrected chi connectivity index (χ4v) is 2.73. The standard InChI is InChI=1S/C14H19N5/c15-8-11-6-7-13(16-9-11)14-18-17-10-19(14)12-4-2-1-3-5-12/h6-7,9-10,12H,1-5,8,15H2. The van der Waals surface area contributed by atoms with Gasteiger partial charge in [-0.3, -0.25) is 4.98 Å². The second-order valence-electron chi connectivity index (χ2n) is 5.11. The monoisotopic (exact) mass is 257 g/mol. The first-order valence-electron chi connectivity index (χ1n) is 6.93. The summed E-state index contributed by atoms with van der Waals surface area (Å²) in [6.45, 7) is 0.516. The molecule has 0 radical (unpaired) electrons. The van der Waals surface area contributed by atoms with Crippen molar-refractivity contribution in [2.75, 3.05) is 0 Å². The number of rotatable bonds is 3. The smallest absolute Gasteiger partial charge is 0.182 e. The van der Waals surface area contributed by atoms with Crippen LogP contribution in [0.15, 0.2) is 24.7 Å². The van der Waals surface area contributed by atoms with Gasteiger partial charge in [-0.1, -0.05) is 25.3 Å². The number of pyridine rings is 1. The highest BCUT2D eigenvalue weighted by Crippen LogP contribution is 2.30. The fourth-order valence-electron chi connectivity index (χ4n) is 2.73. The van der Waals surface area contributed by atoms with Crippen LogP contribution < -0.4 is 5.73 Å². The Morgan fingerprint density at radius 1 is 1.21 bits per heavy atom. The van der Waals surface area contributed by atoms with Crippen LogP contribution in [0.2, 0.25) is 0 Å². The highest BCUT2D eigenvalue weighted by atomic mass is 15.3. The third-order valence-electron chi connectivity index (χ3n) is 3.83. The summed E-state index contributed by atoms with van der Waals surface area (Å²) in [4.78, 5) is 4.44. The molecule has 0 spiro atoms. The maximum absolute atomic E-state index is 5.59. The molecule has 2 heterocycles. The normalized spacial score (nSPS) is 16.7. The first-order chi connectivity index (χ1) is 9.38. The quantitative estimate of drug-likeness (QED) is 0.916. The molecule has 0 aliphatic heterocycles. The van der Waals surface area contributed by atoms with E-state index in [9.17, 15) is 0 Å². The van der Waals surface area contributed by atoms with Gasteiger partial charge in [0.1, 0.15) is 12.0 Å². The van der Waals surface area contributed by atoms with Gasteiger partial charge >= 0.3 is 0 Å². The molecule has 3 rings (SSSR count). The Morgan fingerprint density at radius 2 is 2.05 bits per heavy atom. The van der Waals surface area contributed by atoms with Crippen LogP contribution in [0.25, 0.3) is 11.5 Å². The second kappa shape index (κ2) is 5.48. The Morgan fingerprint density at radius 3 is 2.74 bits per heavy atom. The lowest BCUT2D eigenvalue weighted by atomic mass is 9.95. The molecule has 2 N–H and O–H groups in total. The molecule has 0 atom stereocenters. The van der Waals surface area contributed by atoms with Crippen LogP contribution in [0, 0.1) is 0 Å². The van der Waals surface area contributed by atoms with Gasteiger partial charge in [0.05, 0.1) is 0 Å². The molecule has 0 bridgehead atoms. The van der Waals surface area contributed by atoms with E-state index in [0.717, 1.165) is 17.1 Å². The van der Waals surface area contributed by atoms with E-state index in [2.05, 4.69) is 19.7 Å². The van der Waals surface area contributed by atoms with E-state index in [1.54, 1.807) is 0 Å². The van der Waals surface area contributed by atoms with Crippen LogP contribution >= 0.6 is 0 Å². The molecule has 0 aromatic carbocycles. The summed E-state index contributed by atoms with van der Waals surface area (Å²) >= 11 is 0. The van der Waals surface area contributed by atoms with Crippen LogP contribution in [-0.4, -0.2) is 19.7 Å². The molecule has 100 valence electrons. The molecule has 1 aliphatic rings. The minimum atomic E-state index is 0.516. The van der Waals surface area contributed by atoms with Crippen molar-refractivity contribution in [1.82, 2.24) is 19.7 Å². The maximum Gasteiger partial charge on any atom is 0.182 e. The number of aromatic nitrogens is 4. The zero-order valence-electron chi connectivity index (χ0n) is 11.0. The summed E-state index contributed by atoms with van der Waals surface area (Å²) in [5.41, 5.74) is 7.50. The van der Waals surface area contributed by atoms with Gasteiger partial charge in [0.2, 0.25) is 0 Å². The van der Waals surface area contributed by atoms with Crippen molar-refractivity contribution in [3.05, 3.63) is 30.2 Å². The zero-order chi connectivity index (χ0) is 13.1. The number of nitrogens with two attached hydrogens (primary N) is 1. The molecule has 2 aromatic heterocycles. The number of hydrogen-bond acceptors (Lipinski definition) is 4. The minimum Gasteiger partial charge on any atom is -0.326 e. The first kappa shape index (κ1) is 12.3. The predicted octanol–water partition coefficient (Wildman–Crippen LogP) is 2.30. The molecular formula is C14H19N5. The van der Waals surface area contributed by atoms with Crippen molar-refractivity contribution >= 4 is 0 Å². The molecule has 1 aliphatic carbocycles. The Hall–Kier alpha value is -1.75. The van der Waals surface area contributed by atoms with Crippen LogP contribution in [0.4, 0.5) is 0 Å². The zero-order valence-corrected chi connectivity index (χ0v) is 11.0. The average molecular weight is 257 g/mol. The minimum absolute atomic E-state index is 0.516. The van der Waals surface area contributed by atoms with Crippen molar-refractivity contribution in [3.63, 3.8) is 0 Å². The third kappa shape index (κ3) is 2.51. The van der Waals surface area contributed by atoms with Gasteiger partial charge in [0, 0.05) is 18.8 Å². The van der Waals surface area contributed by atoms with Gasteiger partial charge in [-0.05, 0) is 24.5 Å². The van der Waals surface area contributed by atoms with Gasteiger partial charge in [-0.2, -0.15) is 0 Å². The Labute approximate surface area is 112 Å². The van der Waals surface area contributed by atoms with Crippen molar-refractivity contribution in [1.29, 1.82) is 0 Å². The molecule has 5 heteroatoms. The SMILES string of the molecule is NCc1ccc(-c2nncn2C2CCCCC2)nc1. The molecule has 5 nitrogen and oxygen atoms in total. The number of nitrogens with zero attached hydrogens (tertiary/aromatic N) is 4. The third-order valence-corrected chi connectivity index (χ3v) is 3.83. The molecule has 1 fully saturated rings. The Balaban J connectivity index is 1.89. The molecule has 1 saturated carbocycles. The van der Waals surface area contributed by atoms with Gasteiger partial charge in [-0.25, -0.2) is 0 Å². The van der Waals surface area contributed by atoms with Gasteiger partial charge in [0.25, 0.3) is 0 Å². The van der Waals surface area contributed by atoms with E-state index < -0.39 is 0 Å². The first-order valence-corrected chi connectivity index (χ1v) is 6.93. The highest BCUT2D eigenvalue weighted by molar-refractivity contribution is 5.49. The molecule has 0 unspecified atom stereocenters. The van der Waals surface area contributed by atoms with Crippen LogP contribution in [0.5, 0.6) is 0 Å². The predicted molar refractivity (Wildman–Crippen MR) is 73.3 cm³/mol. The largest absolute Gasteiger partial charge is 0.326 e. The second-order valence-corrected chi connectivity index (χ2v) is 5.11. The highest BCUT2D eigenvalue weighted by Gasteiger charge is 2.19. The van der Waals surface area contributed by atoms with Crippen LogP contribution in [0.1, 0.15) is 43.7 Å². The molecule has 2 aromatic rings. The summed E-state index contributed by atoms with van der Waals surface area (Å²) in [7, 11) is 0. The summed E-state index contributed by atoms with van der Waals surface area (Å²) in [6.07, 6.45) is 10.0. The number of hydrogen-bond donors (Lipinski definition) is 1. The van der Waals surface area contributed by atoms with Crippen molar-refractivity contribution in [3.8, 4) is 11.5 Å². The molecular weight excluding hydrogens is 238 g/mol. The lowest BCUT2D eigenvalue weighted by Crippen LogP contribution is -2.13. The van der Waals surface area contributed by atoms with E-state index in [0.29, 0.717) is 12.6 Å². The fraction of sp³-hybridized carbons (Fsp3) is 0.500. The van der Waals surface area contributed by atoms with E-state index in [4.69, 9.17) is 5.73 Å². The van der Waals surface area contributed by atoms with Gasteiger partial charge < -0.3 is 10.3 Å². The van der Waals surface area contributed by atoms with E-state index >= 15 is 0 Å². The Bertz CT molecular complexity index is 525. The molecule has 0 saturated heterocycles. The van der Waals surface area contributed by atoms with E-state index in [-0.39, 0.29) is 0 Å². The summed E-state index contributed by atoms with van der Waals surface area (Å²) in [5, 5.41) is 8.30. The maximum atomic E-state index is 5.59. The van der Waals surface area contributed by atoms with Gasteiger partial charge in [-0.15, -0.1) is 10.2 Å². The Kier molecular flexibility index (Phi) is 3.55. The van der Waals surface area contributed by atoms with Crippen LogP contribution in [-0.2, 0) is 6.54 Å². The average Bonchev–Trinajstić information content (AvgIpc) is 2.98. The topological polar surface area (TPSA) is 69.6 Å². The van der Waals surface area contributed by atoms with Gasteiger partial charge in [0.15, 0.2) is 5.82 Å². The van der Waals surface area contributed by atoms with E-state index in [1.165, 1.54) is 32.1 Å². The van der Waals surface area contributed by atoms with E-state index in [1.807, 2.05) is 24.7 Å². The molecule has 19 heavy (non-hydrogen) atoms. The summed E-state index contributed by atoms with van der Waals surface area (Å²) < 4.78 is 2.18. The lowest BCUT2D eigenvalue weighted by molar-refractivity contribution is 0.354. The summed E-state index contributed by atoms with van der Waals surface area (Å²) in [5.74, 6) is 0.871. The summed E-state index contributed by atoms with van der Waals surface area (Å²) in [6, 6.07) is 4.50. The lowest BCUT2D eigenvalue weighted by Gasteiger charge is -2.23. The van der Waals surface area contributed by atoms with Crippen molar-refractivity contribution in [2.24, 2.45) is 5.73 Å². The van der Waals surface area contributed by atoms with Crippen LogP contribution in [0.3, 0.4) is 0 Å². The molecule has 0 amide bonds. The van der Waals surface area contributed by atoms with Crippen molar-refractivity contribution in [2.45, 2.75) is 44.7 Å². The van der Waals surface area contributed by atoms with Crippen molar-refractivity contribution < 1.29 is 0 Å².